The van der Waals surface area contributed by atoms with Gasteiger partial charge in [0.15, 0.2) is 0 Å². The Kier molecular flexibility index (Phi) is 2.24. The Morgan fingerprint density at radius 3 is 2.73 bits per heavy atom. The van der Waals surface area contributed by atoms with Gasteiger partial charge in [0, 0.05) is 0 Å². The van der Waals surface area contributed by atoms with Crippen LogP contribution >= 0.6 is 11.3 Å². The van der Waals surface area contributed by atoms with Crippen molar-refractivity contribution in [2.45, 2.75) is 6.92 Å². The summed E-state index contributed by atoms with van der Waals surface area (Å²) in [5.41, 5.74) is 13.2. The highest BCUT2D eigenvalue weighted by Gasteiger charge is 2.13. The predicted molar refractivity (Wildman–Crippen MR) is 61.8 cm³/mol. The standard InChI is InChI=1S/C10H11N3OS/c1-5-2-3-15-8(5)7-4-6(10(12)14)9(11)13-7/h2-4,13H,11H2,1H3,(H2,12,14). The largest absolute Gasteiger partial charge is 0.385 e. The second kappa shape index (κ2) is 3.43. The van der Waals surface area contributed by atoms with Gasteiger partial charge in [-0.15, -0.1) is 11.3 Å². The highest BCUT2D eigenvalue weighted by Crippen LogP contribution is 2.30. The molecule has 0 bridgehead atoms. The van der Waals surface area contributed by atoms with Crippen LogP contribution < -0.4 is 11.5 Å². The lowest BCUT2D eigenvalue weighted by Crippen LogP contribution is -2.11. The summed E-state index contributed by atoms with van der Waals surface area (Å²) in [4.78, 5) is 15.0. The van der Waals surface area contributed by atoms with E-state index in [-0.39, 0.29) is 0 Å². The first kappa shape index (κ1) is 9.79. The van der Waals surface area contributed by atoms with Gasteiger partial charge in [-0.1, -0.05) is 0 Å². The number of hydrogen-bond donors (Lipinski definition) is 3. The van der Waals surface area contributed by atoms with E-state index in [1.165, 1.54) is 0 Å². The average Bonchev–Trinajstić information content (AvgIpc) is 2.71. The van der Waals surface area contributed by atoms with Crippen LogP contribution in [0.2, 0.25) is 0 Å². The summed E-state index contributed by atoms with van der Waals surface area (Å²) in [6.07, 6.45) is 0. The van der Waals surface area contributed by atoms with Crippen LogP contribution in [0, 0.1) is 6.92 Å². The normalized spacial score (nSPS) is 10.5. The maximum Gasteiger partial charge on any atom is 0.252 e. The highest BCUT2D eigenvalue weighted by atomic mass is 32.1. The quantitative estimate of drug-likeness (QED) is 0.721. The van der Waals surface area contributed by atoms with E-state index in [0.29, 0.717) is 11.4 Å². The van der Waals surface area contributed by atoms with Gasteiger partial charge in [-0.2, -0.15) is 0 Å². The first-order chi connectivity index (χ1) is 7.09. The molecule has 0 unspecified atom stereocenters. The summed E-state index contributed by atoms with van der Waals surface area (Å²) in [5, 5.41) is 1.99. The van der Waals surface area contributed by atoms with Crippen LogP contribution in [0.5, 0.6) is 0 Å². The van der Waals surface area contributed by atoms with Crippen molar-refractivity contribution in [1.29, 1.82) is 0 Å². The zero-order chi connectivity index (χ0) is 11.0. The van der Waals surface area contributed by atoms with E-state index in [0.717, 1.165) is 16.1 Å². The number of nitrogens with one attached hydrogen (secondary N) is 1. The topological polar surface area (TPSA) is 84.9 Å². The van der Waals surface area contributed by atoms with Crippen LogP contribution in [-0.4, -0.2) is 10.9 Å². The van der Waals surface area contributed by atoms with Crippen molar-refractivity contribution < 1.29 is 4.79 Å². The van der Waals surface area contributed by atoms with Crippen LogP contribution in [-0.2, 0) is 0 Å². The Bertz CT molecular complexity index is 512. The number of carbonyl (C=O) groups excluding carboxylic acids is 1. The number of aryl methyl sites for hydroxylation is 1. The van der Waals surface area contributed by atoms with Gasteiger partial charge >= 0.3 is 0 Å². The summed E-state index contributed by atoms with van der Waals surface area (Å²) in [7, 11) is 0. The number of carbonyl (C=O) groups is 1. The smallest absolute Gasteiger partial charge is 0.252 e. The van der Waals surface area contributed by atoms with Gasteiger partial charge in [0.1, 0.15) is 5.82 Å². The van der Waals surface area contributed by atoms with Crippen LogP contribution in [0.4, 0.5) is 5.82 Å². The van der Waals surface area contributed by atoms with Gasteiger partial charge in [-0.3, -0.25) is 4.79 Å². The van der Waals surface area contributed by atoms with Gasteiger partial charge < -0.3 is 16.5 Å². The maximum absolute atomic E-state index is 11.0. The molecule has 0 fully saturated rings. The van der Waals surface area contributed by atoms with Crippen LogP contribution in [0.3, 0.4) is 0 Å². The van der Waals surface area contributed by atoms with Crippen molar-refractivity contribution in [3.8, 4) is 10.6 Å². The molecule has 5 N–H and O–H groups in total. The molecule has 0 spiro atoms. The fraction of sp³-hybridized carbons (Fsp3) is 0.100. The number of thiophene rings is 1. The second-order valence-corrected chi connectivity index (χ2v) is 4.22. The van der Waals surface area contributed by atoms with Crippen LogP contribution in [0.1, 0.15) is 15.9 Å². The maximum atomic E-state index is 11.0. The van der Waals surface area contributed by atoms with E-state index in [4.69, 9.17) is 11.5 Å². The number of rotatable bonds is 2. The van der Waals surface area contributed by atoms with Crippen molar-refractivity contribution in [1.82, 2.24) is 4.98 Å². The number of nitrogen functional groups attached to an aromatic ring is 1. The third-order valence-electron chi connectivity index (χ3n) is 2.22. The molecule has 2 aromatic heterocycles. The van der Waals surface area contributed by atoms with E-state index in [1.54, 1.807) is 17.4 Å². The number of aromatic nitrogens is 1. The molecule has 0 aliphatic carbocycles. The number of H-pyrrole nitrogens is 1. The predicted octanol–water partition coefficient (Wildman–Crippen LogP) is 1.73. The Morgan fingerprint density at radius 1 is 1.53 bits per heavy atom. The van der Waals surface area contributed by atoms with Crippen LogP contribution in [0.15, 0.2) is 17.5 Å². The minimum atomic E-state index is -0.510. The molecule has 0 saturated carbocycles. The second-order valence-electron chi connectivity index (χ2n) is 3.31. The molecule has 5 heteroatoms. The molecule has 0 aromatic carbocycles. The van der Waals surface area contributed by atoms with Crippen LogP contribution in [0.25, 0.3) is 10.6 Å². The Balaban J connectivity index is 2.52. The summed E-state index contributed by atoms with van der Waals surface area (Å²) in [6.45, 7) is 2.01. The molecule has 0 saturated heterocycles. The molecule has 4 nitrogen and oxygen atoms in total. The highest BCUT2D eigenvalue weighted by molar-refractivity contribution is 7.13. The Morgan fingerprint density at radius 2 is 2.27 bits per heavy atom. The molecule has 0 aliphatic heterocycles. The molecule has 2 heterocycles. The minimum absolute atomic E-state index is 0.324. The van der Waals surface area contributed by atoms with Crippen molar-refractivity contribution in [3.05, 3.63) is 28.6 Å². The Hall–Kier alpha value is -1.75. The zero-order valence-corrected chi connectivity index (χ0v) is 9.02. The average molecular weight is 221 g/mol. The summed E-state index contributed by atoms with van der Waals surface area (Å²) >= 11 is 1.60. The number of aromatic amines is 1. The zero-order valence-electron chi connectivity index (χ0n) is 8.20. The van der Waals surface area contributed by atoms with Crippen molar-refractivity contribution in [2.75, 3.05) is 5.73 Å². The fourth-order valence-electron chi connectivity index (χ4n) is 1.45. The van der Waals surface area contributed by atoms with Crippen molar-refractivity contribution in [2.24, 2.45) is 5.73 Å². The molecule has 2 rings (SSSR count). The molecule has 2 aromatic rings. The van der Waals surface area contributed by atoms with Gasteiger partial charge in [0.25, 0.3) is 5.91 Å². The van der Waals surface area contributed by atoms with Gasteiger partial charge in [0.05, 0.1) is 16.1 Å². The van der Waals surface area contributed by atoms with Gasteiger partial charge in [-0.25, -0.2) is 0 Å². The van der Waals surface area contributed by atoms with Crippen molar-refractivity contribution >= 4 is 23.1 Å². The van der Waals surface area contributed by atoms with Gasteiger partial charge in [-0.05, 0) is 30.0 Å². The number of amides is 1. The third-order valence-corrected chi connectivity index (χ3v) is 3.27. The lowest BCUT2D eigenvalue weighted by molar-refractivity contribution is 0.100. The summed E-state index contributed by atoms with van der Waals surface area (Å²) in [6, 6.07) is 3.71. The SMILES string of the molecule is Cc1ccsc1-c1cc(C(N)=O)c(N)[nH]1. The van der Waals surface area contributed by atoms with Crippen molar-refractivity contribution in [3.63, 3.8) is 0 Å². The third kappa shape index (κ3) is 1.61. The summed E-state index contributed by atoms with van der Waals surface area (Å²) in [5.74, 6) is -0.186. The fourth-order valence-corrected chi connectivity index (χ4v) is 2.34. The van der Waals surface area contributed by atoms with E-state index < -0.39 is 5.91 Å². The molecule has 78 valence electrons. The van der Waals surface area contributed by atoms with E-state index >= 15 is 0 Å². The Labute approximate surface area is 90.9 Å². The minimum Gasteiger partial charge on any atom is -0.385 e. The summed E-state index contributed by atoms with van der Waals surface area (Å²) < 4.78 is 0. The van der Waals surface area contributed by atoms with Gasteiger partial charge in [0.2, 0.25) is 0 Å². The monoisotopic (exact) mass is 221 g/mol. The molecule has 0 atom stereocenters. The molecule has 1 amide bonds. The first-order valence-electron chi connectivity index (χ1n) is 4.42. The number of hydrogen-bond acceptors (Lipinski definition) is 3. The molecule has 15 heavy (non-hydrogen) atoms. The van der Waals surface area contributed by atoms with E-state index in [9.17, 15) is 4.79 Å². The lowest BCUT2D eigenvalue weighted by atomic mass is 10.2. The molecular formula is C10H11N3OS. The first-order valence-corrected chi connectivity index (χ1v) is 5.30. The van der Waals surface area contributed by atoms with E-state index in [1.807, 2.05) is 18.4 Å². The molecule has 0 radical (unpaired) electrons. The molecule has 0 aliphatic rings. The van der Waals surface area contributed by atoms with E-state index in [2.05, 4.69) is 4.98 Å². The number of primary amides is 1. The lowest BCUT2D eigenvalue weighted by Gasteiger charge is -1.93. The number of anilines is 1. The molecular weight excluding hydrogens is 210 g/mol. The number of nitrogens with two attached hydrogens (primary N) is 2.